The second kappa shape index (κ2) is 20.9. The van der Waals surface area contributed by atoms with Crippen molar-refractivity contribution in [3.05, 3.63) is 114 Å². The first-order chi connectivity index (χ1) is 23.5. The van der Waals surface area contributed by atoms with Crippen molar-refractivity contribution in [2.24, 2.45) is 0 Å². The molecule has 0 bridgehead atoms. The fourth-order valence-corrected chi connectivity index (χ4v) is 6.18. The molecule has 0 radical (unpaired) electrons. The van der Waals surface area contributed by atoms with Crippen LogP contribution in [0.25, 0.3) is 6.08 Å². The SMILES string of the molecule is CCCCCCCCCCCCCCCCCC(Oc1ccc(N2C(=O)C=CC2=O)cc1)c1ccc(C=CC(=O)c2ccccc2)cc1. The van der Waals surface area contributed by atoms with Crippen LogP contribution in [0.1, 0.15) is 137 Å². The number of unbranched alkanes of at least 4 members (excludes halogenated alkanes) is 14. The smallest absolute Gasteiger partial charge is 0.258 e. The number of amides is 2. The second-order valence-corrected chi connectivity index (χ2v) is 12.9. The number of imide groups is 1. The Bertz CT molecular complexity index is 1440. The maximum absolute atomic E-state index is 12.5. The molecule has 0 aliphatic carbocycles. The summed E-state index contributed by atoms with van der Waals surface area (Å²) in [6, 6.07) is 24.6. The molecular formula is C43H53NO4. The number of anilines is 1. The number of hydrogen-bond acceptors (Lipinski definition) is 4. The highest BCUT2D eigenvalue weighted by Crippen LogP contribution is 2.30. The molecule has 3 aromatic carbocycles. The van der Waals surface area contributed by atoms with Gasteiger partial charge in [-0.2, -0.15) is 0 Å². The molecule has 4 rings (SSSR count). The highest BCUT2D eigenvalue weighted by Gasteiger charge is 2.25. The molecule has 1 aliphatic rings. The summed E-state index contributed by atoms with van der Waals surface area (Å²) in [5.74, 6) is -0.00144. The Morgan fingerprint density at radius 1 is 0.646 bits per heavy atom. The van der Waals surface area contributed by atoms with Crippen LogP contribution >= 0.6 is 0 Å². The van der Waals surface area contributed by atoms with Crippen molar-refractivity contribution in [1.29, 1.82) is 0 Å². The minimum atomic E-state index is -0.334. The molecule has 1 atom stereocenters. The highest BCUT2D eigenvalue weighted by molar-refractivity contribution is 6.28. The number of carbonyl (C=O) groups excluding carboxylic acids is 3. The molecule has 1 unspecified atom stereocenters. The van der Waals surface area contributed by atoms with E-state index in [4.69, 9.17) is 4.74 Å². The van der Waals surface area contributed by atoms with E-state index < -0.39 is 0 Å². The minimum Gasteiger partial charge on any atom is -0.486 e. The number of allylic oxidation sites excluding steroid dienone is 1. The van der Waals surface area contributed by atoms with Gasteiger partial charge in [0, 0.05) is 17.7 Å². The molecule has 254 valence electrons. The minimum absolute atomic E-state index is 0.0226. The van der Waals surface area contributed by atoms with Crippen LogP contribution < -0.4 is 9.64 Å². The maximum atomic E-state index is 12.5. The lowest BCUT2D eigenvalue weighted by Gasteiger charge is -2.21. The lowest BCUT2D eigenvalue weighted by molar-refractivity contribution is -0.119. The van der Waals surface area contributed by atoms with Crippen LogP contribution in [0, 0.1) is 0 Å². The molecule has 5 nitrogen and oxygen atoms in total. The normalized spacial score (nSPS) is 13.5. The van der Waals surface area contributed by atoms with Gasteiger partial charge in [0.15, 0.2) is 5.78 Å². The highest BCUT2D eigenvalue weighted by atomic mass is 16.5. The van der Waals surface area contributed by atoms with Gasteiger partial charge >= 0.3 is 0 Å². The summed E-state index contributed by atoms with van der Waals surface area (Å²) < 4.78 is 6.51. The Hall–Kier alpha value is -4.25. The topological polar surface area (TPSA) is 63.7 Å². The van der Waals surface area contributed by atoms with Crippen LogP contribution in [0.15, 0.2) is 97.1 Å². The molecule has 2 amide bonds. The molecule has 0 aromatic heterocycles. The molecule has 3 aromatic rings. The number of carbonyl (C=O) groups is 3. The van der Waals surface area contributed by atoms with E-state index in [-0.39, 0.29) is 23.7 Å². The zero-order valence-corrected chi connectivity index (χ0v) is 28.8. The first-order valence-electron chi connectivity index (χ1n) is 18.3. The fraction of sp³-hybridized carbons (Fsp3) is 0.419. The molecule has 1 heterocycles. The zero-order valence-electron chi connectivity index (χ0n) is 28.8. The van der Waals surface area contributed by atoms with Gasteiger partial charge < -0.3 is 4.74 Å². The molecule has 0 saturated heterocycles. The predicted octanol–water partition coefficient (Wildman–Crippen LogP) is 11.4. The Kier molecular flexibility index (Phi) is 15.9. The molecular weight excluding hydrogens is 594 g/mol. The molecule has 0 saturated carbocycles. The van der Waals surface area contributed by atoms with E-state index >= 15 is 0 Å². The molecule has 48 heavy (non-hydrogen) atoms. The second-order valence-electron chi connectivity index (χ2n) is 12.9. The standard InChI is InChI=1S/C43H53NO4/c1-2-3-4-5-6-7-8-9-10-11-12-13-14-15-19-22-41(48-39-30-28-38(29-31-39)44-42(46)33-34-43(44)47)37-26-23-35(24-27-37)25-32-40(45)36-20-17-16-18-21-36/h16-18,20-21,23-34,41H,2-15,19,22H2,1H3. The van der Waals surface area contributed by atoms with E-state index in [0.29, 0.717) is 17.0 Å². The number of rotatable bonds is 23. The summed E-state index contributed by atoms with van der Waals surface area (Å²) in [4.78, 5) is 37.9. The van der Waals surface area contributed by atoms with E-state index in [2.05, 4.69) is 19.1 Å². The van der Waals surface area contributed by atoms with Crippen LogP contribution in [0.4, 0.5) is 5.69 Å². The summed E-state index contributed by atoms with van der Waals surface area (Å²) >= 11 is 0. The Labute approximate surface area is 288 Å². The van der Waals surface area contributed by atoms with Gasteiger partial charge in [0.1, 0.15) is 11.9 Å². The maximum Gasteiger partial charge on any atom is 0.258 e. The third kappa shape index (κ3) is 12.4. The molecule has 0 N–H and O–H groups in total. The number of ketones is 1. The van der Waals surface area contributed by atoms with Gasteiger partial charge in [0.25, 0.3) is 11.8 Å². The molecule has 0 spiro atoms. The van der Waals surface area contributed by atoms with Gasteiger partial charge in [-0.15, -0.1) is 0 Å². The van der Waals surface area contributed by atoms with Crippen molar-refractivity contribution in [3.8, 4) is 5.75 Å². The van der Waals surface area contributed by atoms with Gasteiger partial charge in [0.05, 0.1) is 5.69 Å². The summed E-state index contributed by atoms with van der Waals surface area (Å²) in [6.45, 7) is 2.27. The third-order valence-electron chi connectivity index (χ3n) is 9.05. The first-order valence-corrected chi connectivity index (χ1v) is 18.3. The van der Waals surface area contributed by atoms with Crippen molar-refractivity contribution in [2.45, 2.75) is 116 Å². The summed E-state index contributed by atoms with van der Waals surface area (Å²) in [5, 5.41) is 0. The average Bonchev–Trinajstić information content (AvgIpc) is 3.46. The van der Waals surface area contributed by atoms with E-state index in [9.17, 15) is 14.4 Å². The van der Waals surface area contributed by atoms with Gasteiger partial charge in [-0.3, -0.25) is 14.4 Å². The monoisotopic (exact) mass is 647 g/mol. The third-order valence-corrected chi connectivity index (χ3v) is 9.05. The molecule has 1 aliphatic heterocycles. The number of ether oxygens (including phenoxy) is 1. The van der Waals surface area contributed by atoms with E-state index in [1.54, 1.807) is 18.2 Å². The van der Waals surface area contributed by atoms with Gasteiger partial charge in [0.2, 0.25) is 0 Å². The van der Waals surface area contributed by atoms with Crippen LogP contribution in [0.5, 0.6) is 5.75 Å². The van der Waals surface area contributed by atoms with E-state index in [1.807, 2.05) is 60.7 Å². The quantitative estimate of drug-likeness (QED) is 0.0445. The fourth-order valence-electron chi connectivity index (χ4n) is 6.18. The number of benzene rings is 3. The van der Waals surface area contributed by atoms with E-state index in [0.717, 1.165) is 28.9 Å². The summed E-state index contributed by atoms with van der Waals surface area (Å²) in [7, 11) is 0. The van der Waals surface area contributed by atoms with Crippen molar-refractivity contribution < 1.29 is 19.1 Å². The average molecular weight is 648 g/mol. The summed E-state index contributed by atoms with van der Waals surface area (Å²) in [5.41, 5.74) is 3.22. The Balaban J connectivity index is 1.25. The molecule has 5 heteroatoms. The molecule has 0 fully saturated rings. The largest absolute Gasteiger partial charge is 0.486 e. The van der Waals surface area contributed by atoms with Crippen LogP contribution in [0.2, 0.25) is 0 Å². The lowest BCUT2D eigenvalue weighted by Crippen LogP contribution is -2.29. The van der Waals surface area contributed by atoms with Crippen LogP contribution in [-0.2, 0) is 9.59 Å². The van der Waals surface area contributed by atoms with Gasteiger partial charge in [-0.1, -0.05) is 157 Å². The lowest BCUT2D eigenvalue weighted by atomic mass is 9.99. The zero-order chi connectivity index (χ0) is 33.8. The Morgan fingerprint density at radius 2 is 1.17 bits per heavy atom. The first kappa shape index (κ1) is 36.6. The van der Waals surface area contributed by atoms with Crippen molar-refractivity contribution in [3.63, 3.8) is 0 Å². The summed E-state index contributed by atoms with van der Waals surface area (Å²) in [6.07, 6.45) is 26.7. The predicted molar refractivity (Wildman–Crippen MR) is 197 cm³/mol. The van der Waals surface area contributed by atoms with Crippen molar-refractivity contribution in [2.75, 3.05) is 4.90 Å². The number of hydrogen-bond donors (Lipinski definition) is 0. The Morgan fingerprint density at radius 3 is 1.71 bits per heavy atom. The van der Waals surface area contributed by atoms with Crippen LogP contribution in [-0.4, -0.2) is 17.6 Å². The van der Waals surface area contributed by atoms with Crippen molar-refractivity contribution >= 4 is 29.4 Å². The van der Waals surface area contributed by atoms with Crippen molar-refractivity contribution in [1.82, 2.24) is 0 Å². The van der Waals surface area contributed by atoms with Crippen LogP contribution in [0.3, 0.4) is 0 Å². The van der Waals surface area contributed by atoms with Gasteiger partial charge in [-0.05, 0) is 54.3 Å². The number of nitrogens with zero attached hydrogens (tertiary/aromatic N) is 1. The van der Waals surface area contributed by atoms with E-state index in [1.165, 1.54) is 102 Å². The van der Waals surface area contributed by atoms with Gasteiger partial charge in [-0.25, -0.2) is 4.90 Å².